The van der Waals surface area contributed by atoms with E-state index >= 15 is 0 Å². The zero-order valence-electron chi connectivity index (χ0n) is 17.8. The molecule has 0 fully saturated rings. The van der Waals surface area contributed by atoms with Crippen molar-refractivity contribution in [1.29, 1.82) is 0 Å². The number of hydrogen-bond acceptors (Lipinski definition) is 8. The first-order valence-electron chi connectivity index (χ1n) is 10.00. The summed E-state index contributed by atoms with van der Waals surface area (Å²) in [6.45, 7) is 7.84. The highest BCUT2D eigenvalue weighted by Crippen LogP contribution is 2.28. The Hall–Kier alpha value is -2.53. The van der Waals surface area contributed by atoms with E-state index in [1.807, 2.05) is 18.4 Å². The van der Waals surface area contributed by atoms with Gasteiger partial charge in [-0.05, 0) is 39.3 Å². The lowest BCUT2D eigenvalue weighted by Crippen LogP contribution is -2.16. The Morgan fingerprint density at radius 2 is 2.00 bits per heavy atom. The molecule has 1 N–H and O–H groups in total. The van der Waals surface area contributed by atoms with Crippen LogP contribution in [0.5, 0.6) is 5.75 Å². The maximum absolute atomic E-state index is 13.9. The van der Waals surface area contributed by atoms with Crippen molar-refractivity contribution in [2.24, 2.45) is 0 Å². The second kappa shape index (κ2) is 10.7. The summed E-state index contributed by atoms with van der Waals surface area (Å²) in [5, 5.41) is 21.3. The second-order valence-electron chi connectivity index (χ2n) is 7.08. The number of rotatable bonds is 10. The molecular formula is C20H25FN6O2S2. The van der Waals surface area contributed by atoms with Crippen molar-refractivity contribution >= 4 is 34.1 Å². The van der Waals surface area contributed by atoms with Crippen molar-refractivity contribution in [2.75, 3.05) is 11.1 Å². The van der Waals surface area contributed by atoms with E-state index in [0.717, 1.165) is 17.8 Å². The zero-order valence-corrected chi connectivity index (χ0v) is 19.5. The Labute approximate surface area is 188 Å². The molecule has 0 bridgehead atoms. The van der Waals surface area contributed by atoms with Gasteiger partial charge in [0.15, 0.2) is 28.7 Å². The van der Waals surface area contributed by atoms with Gasteiger partial charge in [0.2, 0.25) is 11.0 Å². The molecule has 8 nitrogen and oxygen atoms in total. The van der Waals surface area contributed by atoms with E-state index in [9.17, 15) is 9.18 Å². The van der Waals surface area contributed by atoms with Crippen LogP contribution in [0.25, 0.3) is 0 Å². The molecule has 31 heavy (non-hydrogen) atoms. The fourth-order valence-corrected chi connectivity index (χ4v) is 4.57. The van der Waals surface area contributed by atoms with E-state index in [1.54, 1.807) is 25.1 Å². The van der Waals surface area contributed by atoms with Crippen molar-refractivity contribution in [3.63, 3.8) is 0 Å². The summed E-state index contributed by atoms with van der Waals surface area (Å²) < 4.78 is 21.6. The number of anilines is 1. The number of hydrogen-bond donors (Lipinski definition) is 1. The first-order chi connectivity index (χ1) is 14.9. The Morgan fingerprint density at radius 1 is 1.23 bits per heavy atom. The molecule has 3 aromatic rings. The van der Waals surface area contributed by atoms with E-state index in [4.69, 9.17) is 4.74 Å². The van der Waals surface area contributed by atoms with Crippen LogP contribution < -0.4 is 10.1 Å². The van der Waals surface area contributed by atoms with Crippen LogP contribution in [0.4, 0.5) is 9.52 Å². The van der Waals surface area contributed by atoms with Gasteiger partial charge in [-0.25, -0.2) is 4.39 Å². The Bertz CT molecular complexity index is 1020. The van der Waals surface area contributed by atoms with Crippen LogP contribution in [-0.4, -0.2) is 36.6 Å². The molecule has 0 saturated carbocycles. The largest absolute Gasteiger partial charge is 0.480 e. The number of nitrogens with zero attached hydrogens (tertiary/aromatic N) is 5. The van der Waals surface area contributed by atoms with Gasteiger partial charge in [-0.1, -0.05) is 42.2 Å². The van der Waals surface area contributed by atoms with Gasteiger partial charge in [0.1, 0.15) is 5.01 Å². The number of para-hydroxylation sites is 1. The average Bonchev–Trinajstić information content (AvgIpc) is 3.35. The van der Waals surface area contributed by atoms with Crippen LogP contribution in [0.3, 0.4) is 0 Å². The number of aromatic nitrogens is 5. The first-order valence-corrected chi connectivity index (χ1v) is 11.8. The summed E-state index contributed by atoms with van der Waals surface area (Å²) in [7, 11) is 0. The van der Waals surface area contributed by atoms with Crippen LogP contribution in [0.1, 0.15) is 57.1 Å². The van der Waals surface area contributed by atoms with Crippen molar-refractivity contribution < 1.29 is 13.9 Å². The summed E-state index contributed by atoms with van der Waals surface area (Å²) in [6.07, 6.45) is 1.30. The van der Waals surface area contributed by atoms with Gasteiger partial charge in [-0.2, -0.15) is 0 Å². The minimum Gasteiger partial charge on any atom is -0.480 e. The normalized spacial score (nSPS) is 12.2. The van der Waals surface area contributed by atoms with E-state index in [1.165, 1.54) is 29.2 Å². The minimum absolute atomic E-state index is 0.0296. The van der Waals surface area contributed by atoms with Crippen LogP contribution in [0.15, 0.2) is 29.4 Å². The number of aryl methyl sites for hydroxylation is 1. The monoisotopic (exact) mass is 464 g/mol. The Morgan fingerprint density at radius 3 is 2.71 bits per heavy atom. The van der Waals surface area contributed by atoms with E-state index in [-0.39, 0.29) is 23.5 Å². The molecule has 1 atom stereocenters. The maximum Gasteiger partial charge on any atom is 0.236 e. The smallest absolute Gasteiger partial charge is 0.236 e. The summed E-state index contributed by atoms with van der Waals surface area (Å²) in [5.41, 5.74) is 0. The lowest BCUT2D eigenvalue weighted by Gasteiger charge is -2.19. The Kier molecular flexibility index (Phi) is 7.97. The highest BCUT2D eigenvalue weighted by Gasteiger charge is 2.23. The number of benzene rings is 1. The topological polar surface area (TPSA) is 94.8 Å². The number of thioether (sulfide) groups is 1. The molecule has 0 aliphatic heterocycles. The number of ether oxygens (including phenoxy) is 1. The first kappa shape index (κ1) is 23.1. The molecule has 2 aromatic heterocycles. The van der Waals surface area contributed by atoms with Gasteiger partial charge in [-0.15, -0.1) is 20.4 Å². The van der Waals surface area contributed by atoms with Gasteiger partial charge in [0.25, 0.3) is 0 Å². The Balaban J connectivity index is 1.65. The predicted octanol–water partition coefficient (Wildman–Crippen LogP) is 4.67. The molecule has 166 valence electrons. The summed E-state index contributed by atoms with van der Waals surface area (Å²) in [5.74, 6) is 0.237. The quantitative estimate of drug-likeness (QED) is 0.436. The van der Waals surface area contributed by atoms with Gasteiger partial charge in [0.05, 0.1) is 5.75 Å². The molecule has 0 spiro atoms. The maximum atomic E-state index is 13.9. The van der Waals surface area contributed by atoms with Crippen LogP contribution in [0, 0.1) is 5.82 Å². The third-order valence-electron chi connectivity index (χ3n) is 4.22. The lowest BCUT2D eigenvalue weighted by molar-refractivity contribution is -0.113. The fourth-order valence-electron chi connectivity index (χ4n) is 2.84. The number of carbonyl (C=O) groups excluding carboxylic acids is 1. The van der Waals surface area contributed by atoms with E-state index < -0.39 is 11.9 Å². The molecule has 0 aliphatic carbocycles. The highest BCUT2D eigenvalue weighted by atomic mass is 32.2. The molecule has 1 aromatic carbocycles. The van der Waals surface area contributed by atoms with Crippen molar-refractivity contribution in [3.05, 3.63) is 40.9 Å². The molecule has 1 unspecified atom stereocenters. The molecule has 0 aliphatic rings. The van der Waals surface area contributed by atoms with Gasteiger partial charge in [-0.3, -0.25) is 10.1 Å². The van der Waals surface area contributed by atoms with Gasteiger partial charge >= 0.3 is 0 Å². The molecule has 1 amide bonds. The van der Waals surface area contributed by atoms with E-state index in [0.29, 0.717) is 16.1 Å². The average molecular weight is 465 g/mol. The number of amides is 1. The molecule has 0 radical (unpaired) electrons. The number of halogens is 1. The SMILES string of the molecule is CCCc1nnc(NC(=O)CSc2nnc(C(C)Oc3ccccc3F)n2C(C)C)s1. The highest BCUT2D eigenvalue weighted by molar-refractivity contribution is 7.99. The molecule has 3 rings (SSSR count). The van der Waals surface area contributed by atoms with Crippen molar-refractivity contribution in [1.82, 2.24) is 25.0 Å². The van der Waals surface area contributed by atoms with Crippen LogP contribution in [-0.2, 0) is 11.2 Å². The lowest BCUT2D eigenvalue weighted by atomic mass is 10.3. The molecule has 2 heterocycles. The van der Waals surface area contributed by atoms with Crippen LogP contribution >= 0.6 is 23.1 Å². The number of nitrogens with one attached hydrogen (secondary N) is 1. The van der Waals surface area contributed by atoms with Gasteiger partial charge in [0, 0.05) is 12.5 Å². The number of carbonyl (C=O) groups is 1. The third kappa shape index (κ3) is 6.01. The summed E-state index contributed by atoms with van der Waals surface area (Å²) >= 11 is 2.65. The summed E-state index contributed by atoms with van der Waals surface area (Å²) in [4.78, 5) is 12.3. The zero-order chi connectivity index (χ0) is 22.4. The van der Waals surface area contributed by atoms with E-state index in [2.05, 4.69) is 32.6 Å². The van der Waals surface area contributed by atoms with Crippen LogP contribution in [0.2, 0.25) is 0 Å². The fraction of sp³-hybridized carbons (Fsp3) is 0.450. The third-order valence-corrected chi connectivity index (χ3v) is 6.06. The van der Waals surface area contributed by atoms with Crippen molar-refractivity contribution in [2.45, 2.75) is 57.8 Å². The predicted molar refractivity (Wildman–Crippen MR) is 119 cm³/mol. The van der Waals surface area contributed by atoms with Gasteiger partial charge < -0.3 is 9.30 Å². The minimum atomic E-state index is -0.520. The molecule has 0 saturated heterocycles. The summed E-state index contributed by atoms with van der Waals surface area (Å²) in [6, 6.07) is 6.26. The molecule has 11 heteroatoms. The molecular weight excluding hydrogens is 439 g/mol. The standard InChI is InChI=1S/C20H25FN6O2S2/c1-5-8-17-23-25-19(31-17)22-16(28)11-30-20-26-24-18(27(20)12(2)3)13(4)29-15-10-7-6-9-14(15)21/h6-7,9-10,12-13H,5,8,11H2,1-4H3,(H,22,25,28). The van der Waals surface area contributed by atoms with Crippen molar-refractivity contribution in [3.8, 4) is 5.75 Å². The second-order valence-corrected chi connectivity index (χ2v) is 9.09.